The van der Waals surface area contributed by atoms with Crippen molar-refractivity contribution < 1.29 is 23.5 Å². The van der Waals surface area contributed by atoms with Crippen molar-refractivity contribution in [3.63, 3.8) is 0 Å². The molecular weight excluding hydrogens is 519 g/mol. The molecule has 0 aliphatic carbocycles. The first-order valence-electron chi connectivity index (χ1n) is 13.4. The molecule has 7 heteroatoms. The molecule has 1 aliphatic heterocycles. The molecule has 2 atom stereocenters. The van der Waals surface area contributed by atoms with E-state index in [1.165, 1.54) is 5.56 Å². The Morgan fingerprint density at radius 3 is 2.53 bits per heavy atom. The van der Waals surface area contributed by atoms with Gasteiger partial charge < -0.3 is 14.4 Å². The first-order valence-corrected chi connectivity index (χ1v) is 15.5. The van der Waals surface area contributed by atoms with Crippen LogP contribution in [0.15, 0.2) is 54.6 Å². The lowest BCUT2D eigenvalue weighted by molar-refractivity contribution is 0.135. The smallest absolute Gasteiger partial charge is 0.368 e. The van der Waals surface area contributed by atoms with Crippen molar-refractivity contribution in [2.45, 2.75) is 71.8 Å². The Morgan fingerprint density at radius 2 is 1.82 bits per heavy atom. The molecule has 3 aromatic rings. The Labute approximate surface area is 231 Å². The van der Waals surface area contributed by atoms with Gasteiger partial charge in [-0.1, -0.05) is 62.6 Å². The summed E-state index contributed by atoms with van der Waals surface area (Å²) < 4.78 is 31.8. The number of aromatic hydroxyl groups is 1. The van der Waals surface area contributed by atoms with Crippen molar-refractivity contribution in [1.29, 1.82) is 0 Å². The van der Waals surface area contributed by atoms with Crippen LogP contribution < -0.4 is 4.74 Å². The van der Waals surface area contributed by atoms with Crippen molar-refractivity contribution >= 4 is 19.2 Å². The maximum Gasteiger partial charge on any atom is 0.368 e. The second-order valence-corrected chi connectivity index (χ2v) is 12.9. The number of hydrogen-bond donors (Lipinski definition) is 1. The normalized spacial score (nSPS) is 20.5. The van der Waals surface area contributed by atoms with Gasteiger partial charge in [0.15, 0.2) is 6.35 Å². The minimum atomic E-state index is -3.52. The third kappa shape index (κ3) is 7.42. The molecule has 0 spiro atoms. The molecule has 204 valence electrons. The number of rotatable bonds is 7. The third-order valence-corrected chi connectivity index (χ3v) is 8.89. The van der Waals surface area contributed by atoms with Gasteiger partial charge in [0.05, 0.1) is 12.7 Å². The predicted octanol–water partition coefficient (Wildman–Crippen LogP) is 9.25. The Bertz CT molecular complexity index is 1280. The van der Waals surface area contributed by atoms with Gasteiger partial charge in [0.2, 0.25) is 0 Å². The SMILES string of the molecule is Cc1cc(OCP2(=O)OCCCCC[C@H](c3cccc(Cl)c3)O2)cc(C)c1Cc1ccc(O)c(C(C)C)c1. The van der Waals surface area contributed by atoms with E-state index in [0.29, 0.717) is 23.1 Å². The Balaban J connectivity index is 1.50. The van der Waals surface area contributed by atoms with E-state index in [2.05, 4.69) is 33.8 Å². The quantitative estimate of drug-likeness (QED) is 0.294. The summed E-state index contributed by atoms with van der Waals surface area (Å²) in [7, 11) is -3.52. The molecule has 1 aliphatic rings. The molecule has 1 N–H and O–H groups in total. The average Bonchev–Trinajstić information content (AvgIpc) is 2.96. The summed E-state index contributed by atoms with van der Waals surface area (Å²) in [6.45, 7) is 8.65. The van der Waals surface area contributed by atoms with E-state index in [9.17, 15) is 9.67 Å². The van der Waals surface area contributed by atoms with Crippen molar-refractivity contribution in [2.75, 3.05) is 13.0 Å². The van der Waals surface area contributed by atoms with E-state index in [1.807, 2.05) is 42.5 Å². The topological polar surface area (TPSA) is 65.0 Å². The number of ether oxygens (including phenoxy) is 1. The lowest BCUT2D eigenvalue weighted by Crippen LogP contribution is -2.10. The van der Waals surface area contributed by atoms with Gasteiger partial charge in [0.25, 0.3) is 0 Å². The zero-order chi connectivity index (χ0) is 27.3. The van der Waals surface area contributed by atoms with Crippen LogP contribution in [0.25, 0.3) is 0 Å². The number of halogens is 1. The first-order chi connectivity index (χ1) is 18.1. The molecule has 5 nitrogen and oxygen atoms in total. The lowest BCUT2D eigenvalue weighted by Gasteiger charge is -2.24. The van der Waals surface area contributed by atoms with E-state index in [1.54, 1.807) is 6.07 Å². The van der Waals surface area contributed by atoms with E-state index < -0.39 is 7.60 Å². The Hall–Kier alpha value is -2.30. The highest BCUT2D eigenvalue weighted by Crippen LogP contribution is 2.54. The van der Waals surface area contributed by atoms with Gasteiger partial charge in [-0.2, -0.15) is 0 Å². The lowest BCUT2D eigenvalue weighted by atomic mass is 9.93. The Kier molecular flexibility index (Phi) is 9.59. The van der Waals surface area contributed by atoms with Gasteiger partial charge in [0.1, 0.15) is 11.5 Å². The minimum absolute atomic E-state index is 0.155. The highest BCUT2D eigenvalue weighted by molar-refractivity contribution is 7.53. The number of aryl methyl sites for hydroxylation is 2. The van der Waals surface area contributed by atoms with Gasteiger partial charge in [-0.15, -0.1) is 0 Å². The fourth-order valence-electron chi connectivity index (χ4n) is 4.94. The second kappa shape index (κ2) is 12.7. The molecule has 1 fully saturated rings. The largest absolute Gasteiger partial charge is 0.508 e. The van der Waals surface area contributed by atoms with E-state index in [-0.39, 0.29) is 18.4 Å². The highest BCUT2D eigenvalue weighted by Gasteiger charge is 2.32. The number of phenolic OH excluding ortho intramolecular Hbond substituents is 1. The summed E-state index contributed by atoms with van der Waals surface area (Å²) in [5, 5.41) is 10.8. The summed E-state index contributed by atoms with van der Waals surface area (Å²) in [4.78, 5) is 0. The van der Waals surface area contributed by atoms with Crippen LogP contribution in [0.1, 0.15) is 84.9 Å². The summed E-state index contributed by atoms with van der Waals surface area (Å²) in [6, 6.07) is 17.3. The zero-order valence-corrected chi connectivity index (χ0v) is 24.4. The monoisotopic (exact) mass is 556 g/mol. The average molecular weight is 557 g/mol. The molecule has 0 bridgehead atoms. The third-order valence-electron chi connectivity index (χ3n) is 7.06. The van der Waals surface area contributed by atoms with Crippen LogP contribution in [-0.4, -0.2) is 18.1 Å². The number of phenols is 1. The first kappa shape index (κ1) is 28.7. The van der Waals surface area contributed by atoms with Crippen LogP contribution in [0.4, 0.5) is 0 Å². The maximum atomic E-state index is 13.8. The molecule has 0 aromatic heterocycles. The van der Waals surface area contributed by atoms with Gasteiger partial charge >= 0.3 is 7.60 Å². The molecule has 4 rings (SSSR count). The van der Waals surface area contributed by atoms with Gasteiger partial charge in [0, 0.05) is 5.02 Å². The zero-order valence-electron chi connectivity index (χ0n) is 22.7. The second-order valence-electron chi connectivity index (χ2n) is 10.5. The standard InChI is InChI=1S/C31H38ClO5P/c1-21(2)28-17-24(12-13-30(28)33)18-29-22(3)15-27(16-23(29)4)35-20-38(34)36-14-7-5-6-11-31(37-38)25-9-8-10-26(32)19-25/h8-10,12-13,15-17,19,21,31,33H,5-7,11,14,18,20H2,1-4H3/t31-,38?/m1/s1. The molecule has 3 aromatic carbocycles. The van der Waals surface area contributed by atoms with Crippen molar-refractivity contribution in [2.24, 2.45) is 0 Å². The number of hydrogen-bond acceptors (Lipinski definition) is 5. The van der Waals surface area contributed by atoms with Gasteiger partial charge in [-0.05, 0) is 103 Å². The fraction of sp³-hybridized carbons (Fsp3) is 0.419. The van der Waals surface area contributed by atoms with Gasteiger partial charge in [-0.25, -0.2) is 0 Å². The van der Waals surface area contributed by atoms with Crippen LogP contribution >= 0.6 is 19.2 Å². The van der Waals surface area contributed by atoms with Crippen molar-refractivity contribution in [3.05, 3.63) is 93.0 Å². The molecule has 1 unspecified atom stereocenters. The van der Waals surface area contributed by atoms with Crippen LogP contribution in [0, 0.1) is 13.8 Å². The molecule has 1 heterocycles. The van der Waals surface area contributed by atoms with Crippen LogP contribution in [0.2, 0.25) is 5.02 Å². The molecule has 1 saturated heterocycles. The fourth-order valence-corrected chi connectivity index (χ4v) is 6.67. The maximum absolute atomic E-state index is 13.8. The van der Waals surface area contributed by atoms with Crippen LogP contribution in [0.3, 0.4) is 0 Å². The molecule has 0 amide bonds. The summed E-state index contributed by atoms with van der Waals surface area (Å²) in [5.74, 6) is 1.22. The summed E-state index contributed by atoms with van der Waals surface area (Å²) in [6.07, 6.45) is 3.76. The van der Waals surface area contributed by atoms with Crippen LogP contribution in [-0.2, 0) is 20.0 Å². The number of benzene rings is 3. The van der Waals surface area contributed by atoms with Crippen LogP contribution in [0.5, 0.6) is 11.5 Å². The summed E-state index contributed by atoms with van der Waals surface area (Å²) in [5.41, 5.74) is 6.38. The van der Waals surface area contributed by atoms with Crippen molar-refractivity contribution in [3.8, 4) is 11.5 Å². The van der Waals surface area contributed by atoms with Gasteiger partial charge in [-0.3, -0.25) is 9.09 Å². The molecule has 0 radical (unpaired) electrons. The molecule has 38 heavy (non-hydrogen) atoms. The van der Waals surface area contributed by atoms with Crippen molar-refractivity contribution in [1.82, 2.24) is 0 Å². The highest BCUT2D eigenvalue weighted by atomic mass is 35.5. The summed E-state index contributed by atoms with van der Waals surface area (Å²) >= 11 is 6.21. The predicted molar refractivity (Wildman–Crippen MR) is 154 cm³/mol. The van der Waals surface area contributed by atoms with E-state index in [0.717, 1.165) is 59.9 Å². The Morgan fingerprint density at radius 1 is 1.05 bits per heavy atom. The molecular formula is C31H38ClO5P. The minimum Gasteiger partial charge on any atom is -0.508 e. The van der Waals surface area contributed by atoms with E-state index in [4.69, 9.17) is 25.4 Å². The molecule has 0 saturated carbocycles. The van der Waals surface area contributed by atoms with E-state index >= 15 is 0 Å².